The molecule has 18 heavy (non-hydrogen) atoms. The first-order chi connectivity index (χ1) is 8.74. The van der Waals surface area contributed by atoms with E-state index in [2.05, 4.69) is 24.0 Å². The topological polar surface area (TPSA) is 29.3 Å². The summed E-state index contributed by atoms with van der Waals surface area (Å²) < 4.78 is 0. The summed E-state index contributed by atoms with van der Waals surface area (Å²) in [5.74, 6) is 0.826. The molecule has 0 bridgehead atoms. The van der Waals surface area contributed by atoms with Crippen molar-refractivity contribution in [2.45, 2.75) is 32.2 Å². The molecule has 2 N–H and O–H groups in total. The van der Waals surface area contributed by atoms with Crippen molar-refractivity contribution in [2.75, 3.05) is 19.6 Å². The van der Waals surface area contributed by atoms with E-state index in [0.717, 1.165) is 17.5 Å². The molecule has 0 aliphatic carbocycles. The van der Waals surface area contributed by atoms with Crippen LogP contribution >= 0.6 is 11.6 Å². The molecule has 3 heteroatoms. The van der Waals surface area contributed by atoms with Crippen molar-refractivity contribution < 1.29 is 0 Å². The average molecular weight is 267 g/mol. The minimum atomic E-state index is 0.318. The molecular weight excluding hydrogens is 244 g/mol. The van der Waals surface area contributed by atoms with Crippen LogP contribution in [-0.2, 0) is 0 Å². The molecule has 2 unspecified atom stereocenters. The van der Waals surface area contributed by atoms with Crippen molar-refractivity contribution in [1.82, 2.24) is 4.90 Å². The summed E-state index contributed by atoms with van der Waals surface area (Å²) in [4.78, 5) is 2.53. The van der Waals surface area contributed by atoms with E-state index in [9.17, 15) is 0 Å². The fraction of sp³-hybridized carbons (Fsp3) is 0.600. The Morgan fingerprint density at radius 2 is 2.33 bits per heavy atom. The Kier molecular flexibility index (Phi) is 5.04. The number of benzene rings is 1. The van der Waals surface area contributed by atoms with Gasteiger partial charge in [0, 0.05) is 24.2 Å². The van der Waals surface area contributed by atoms with Gasteiger partial charge in [-0.25, -0.2) is 0 Å². The predicted octanol–water partition coefficient (Wildman–Crippen LogP) is 3.46. The van der Waals surface area contributed by atoms with E-state index in [-0.39, 0.29) is 0 Å². The average Bonchev–Trinajstić information content (AvgIpc) is 2.40. The summed E-state index contributed by atoms with van der Waals surface area (Å²) in [6.45, 7) is 5.28. The second kappa shape index (κ2) is 6.55. The number of halogens is 1. The molecule has 2 rings (SSSR count). The maximum atomic E-state index is 6.08. The van der Waals surface area contributed by atoms with Crippen molar-refractivity contribution in [2.24, 2.45) is 11.7 Å². The summed E-state index contributed by atoms with van der Waals surface area (Å²) in [6, 6.07) is 8.44. The highest BCUT2D eigenvalue weighted by molar-refractivity contribution is 6.30. The third-order valence-corrected chi connectivity index (χ3v) is 4.26. The van der Waals surface area contributed by atoms with Crippen LogP contribution in [0, 0.1) is 5.92 Å². The second-order valence-corrected chi connectivity index (χ2v) is 5.65. The lowest BCUT2D eigenvalue weighted by molar-refractivity contribution is 0.124. The monoisotopic (exact) mass is 266 g/mol. The predicted molar refractivity (Wildman–Crippen MR) is 77.8 cm³/mol. The molecule has 0 saturated carbocycles. The van der Waals surface area contributed by atoms with Crippen LogP contribution < -0.4 is 5.73 Å². The van der Waals surface area contributed by atoms with Crippen LogP contribution in [0.25, 0.3) is 0 Å². The van der Waals surface area contributed by atoms with Crippen molar-refractivity contribution >= 4 is 11.6 Å². The van der Waals surface area contributed by atoms with Gasteiger partial charge in [0.25, 0.3) is 0 Å². The van der Waals surface area contributed by atoms with Gasteiger partial charge in [-0.2, -0.15) is 0 Å². The Bertz CT molecular complexity index is 381. The minimum absolute atomic E-state index is 0.318. The molecule has 0 amide bonds. The molecular formula is C15H23ClN2. The number of likely N-dealkylation sites (tertiary alicyclic amines) is 1. The highest BCUT2D eigenvalue weighted by Crippen LogP contribution is 2.28. The Balaban J connectivity index is 2.12. The molecule has 1 aliphatic heterocycles. The lowest BCUT2D eigenvalue weighted by atomic mass is 9.93. The first-order valence-electron chi connectivity index (χ1n) is 6.94. The highest BCUT2D eigenvalue weighted by Gasteiger charge is 2.25. The van der Waals surface area contributed by atoms with E-state index < -0.39 is 0 Å². The Morgan fingerprint density at radius 1 is 1.50 bits per heavy atom. The Morgan fingerprint density at radius 3 is 3.00 bits per heavy atom. The third-order valence-electron chi connectivity index (χ3n) is 4.03. The van der Waals surface area contributed by atoms with E-state index in [1.54, 1.807) is 0 Å². The fourth-order valence-electron chi connectivity index (χ4n) is 2.92. The molecule has 2 atom stereocenters. The summed E-state index contributed by atoms with van der Waals surface area (Å²) >= 11 is 6.08. The van der Waals surface area contributed by atoms with Crippen LogP contribution in [-0.4, -0.2) is 24.5 Å². The minimum Gasteiger partial charge on any atom is -0.329 e. The molecule has 100 valence electrons. The normalized spacial score (nSPS) is 22.9. The van der Waals surface area contributed by atoms with E-state index in [1.807, 2.05) is 12.1 Å². The van der Waals surface area contributed by atoms with Gasteiger partial charge in [-0.15, -0.1) is 0 Å². The van der Waals surface area contributed by atoms with E-state index in [0.29, 0.717) is 12.6 Å². The maximum Gasteiger partial charge on any atom is 0.0471 e. The standard InChI is InChI=1S/C15H23ClN2/c1-2-12-5-4-8-18(11-12)15(10-17)13-6-3-7-14(16)9-13/h3,6-7,9,12,15H,2,4-5,8,10-11,17H2,1H3. The number of hydrogen-bond donors (Lipinski definition) is 1. The van der Waals surface area contributed by atoms with Gasteiger partial charge in [0.2, 0.25) is 0 Å². The Labute approximate surface area is 115 Å². The molecule has 1 fully saturated rings. The van der Waals surface area contributed by atoms with Gasteiger partial charge in [-0.05, 0) is 43.0 Å². The molecule has 1 heterocycles. The zero-order chi connectivity index (χ0) is 13.0. The zero-order valence-electron chi connectivity index (χ0n) is 11.1. The number of piperidine rings is 1. The number of hydrogen-bond acceptors (Lipinski definition) is 2. The van der Waals surface area contributed by atoms with Crippen LogP contribution in [0.5, 0.6) is 0 Å². The van der Waals surface area contributed by atoms with Crippen LogP contribution in [0.4, 0.5) is 0 Å². The van der Waals surface area contributed by atoms with Crippen LogP contribution in [0.3, 0.4) is 0 Å². The smallest absolute Gasteiger partial charge is 0.0471 e. The van der Waals surface area contributed by atoms with E-state index in [4.69, 9.17) is 17.3 Å². The zero-order valence-corrected chi connectivity index (χ0v) is 11.9. The Hall–Kier alpha value is -0.570. The fourth-order valence-corrected chi connectivity index (χ4v) is 3.12. The van der Waals surface area contributed by atoms with Gasteiger partial charge in [-0.1, -0.05) is 37.1 Å². The number of nitrogens with zero attached hydrogens (tertiary/aromatic N) is 1. The van der Waals surface area contributed by atoms with Crippen LogP contribution in [0.1, 0.15) is 37.8 Å². The van der Waals surface area contributed by atoms with Crippen molar-refractivity contribution in [3.05, 3.63) is 34.9 Å². The van der Waals surface area contributed by atoms with Gasteiger partial charge in [0.15, 0.2) is 0 Å². The molecule has 1 aromatic rings. The first-order valence-corrected chi connectivity index (χ1v) is 7.32. The lowest BCUT2D eigenvalue weighted by Crippen LogP contribution is -2.40. The van der Waals surface area contributed by atoms with E-state index in [1.165, 1.54) is 31.4 Å². The van der Waals surface area contributed by atoms with Crippen molar-refractivity contribution in [1.29, 1.82) is 0 Å². The second-order valence-electron chi connectivity index (χ2n) is 5.22. The molecule has 0 spiro atoms. The molecule has 1 aliphatic rings. The SMILES string of the molecule is CCC1CCCN(C(CN)c2cccc(Cl)c2)C1. The lowest BCUT2D eigenvalue weighted by Gasteiger charge is -2.38. The first kappa shape index (κ1) is 13.9. The quantitative estimate of drug-likeness (QED) is 0.904. The van der Waals surface area contributed by atoms with Gasteiger partial charge in [0.05, 0.1) is 0 Å². The summed E-state index contributed by atoms with van der Waals surface area (Å²) in [5.41, 5.74) is 7.24. The highest BCUT2D eigenvalue weighted by atomic mass is 35.5. The number of rotatable bonds is 4. The van der Waals surface area contributed by atoms with Gasteiger partial charge >= 0.3 is 0 Å². The van der Waals surface area contributed by atoms with Gasteiger partial charge < -0.3 is 5.73 Å². The molecule has 1 aromatic carbocycles. The molecule has 1 saturated heterocycles. The molecule has 0 aromatic heterocycles. The number of nitrogens with two attached hydrogens (primary N) is 1. The summed E-state index contributed by atoms with van der Waals surface area (Å²) in [7, 11) is 0. The molecule has 0 radical (unpaired) electrons. The van der Waals surface area contributed by atoms with Gasteiger partial charge in [0.1, 0.15) is 0 Å². The van der Waals surface area contributed by atoms with Crippen molar-refractivity contribution in [3.63, 3.8) is 0 Å². The third kappa shape index (κ3) is 3.25. The maximum absolute atomic E-state index is 6.08. The van der Waals surface area contributed by atoms with E-state index >= 15 is 0 Å². The van der Waals surface area contributed by atoms with Crippen LogP contribution in [0.2, 0.25) is 5.02 Å². The van der Waals surface area contributed by atoms with Gasteiger partial charge in [-0.3, -0.25) is 4.90 Å². The molecule has 2 nitrogen and oxygen atoms in total. The summed E-state index contributed by atoms with van der Waals surface area (Å²) in [5, 5.41) is 0.801. The van der Waals surface area contributed by atoms with Crippen molar-refractivity contribution in [3.8, 4) is 0 Å². The largest absolute Gasteiger partial charge is 0.329 e. The summed E-state index contributed by atoms with van der Waals surface area (Å²) in [6.07, 6.45) is 3.92. The van der Waals surface area contributed by atoms with Crippen LogP contribution in [0.15, 0.2) is 24.3 Å².